The van der Waals surface area contributed by atoms with E-state index < -0.39 is 24.0 Å². The Morgan fingerprint density at radius 1 is 1.35 bits per heavy atom. The summed E-state index contributed by atoms with van der Waals surface area (Å²) in [7, 11) is 0. The van der Waals surface area contributed by atoms with Gasteiger partial charge in [0.1, 0.15) is 0 Å². The van der Waals surface area contributed by atoms with Crippen molar-refractivity contribution in [1.82, 2.24) is 10.3 Å². The van der Waals surface area contributed by atoms with Gasteiger partial charge in [0.25, 0.3) is 0 Å². The standard InChI is InChI=1S/C13H15F3N2O2/c14-13(15,16)11(10-3-1-2-6-17-10)18-12(19)9-4-7-20-8-5-9/h1-3,6,9,11H,4-5,7-8H2,(H,18,19)/t11-/m0/s1. The van der Waals surface area contributed by atoms with Crippen molar-refractivity contribution in [3.63, 3.8) is 0 Å². The van der Waals surface area contributed by atoms with Crippen molar-refractivity contribution < 1.29 is 22.7 Å². The van der Waals surface area contributed by atoms with Gasteiger partial charge in [0, 0.05) is 25.3 Å². The lowest BCUT2D eigenvalue weighted by molar-refractivity contribution is -0.166. The molecule has 20 heavy (non-hydrogen) atoms. The minimum absolute atomic E-state index is 0.208. The third kappa shape index (κ3) is 3.69. The highest BCUT2D eigenvalue weighted by molar-refractivity contribution is 5.79. The molecule has 1 aromatic heterocycles. The average molecular weight is 288 g/mol. The molecule has 7 heteroatoms. The van der Waals surface area contributed by atoms with Crippen LogP contribution in [0.5, 0.6) is 0 Å². The number of carbonyl (C=O) groups is 1. The molecule has 0 saturated carbocycles. The number of hydrogen-bond acceptors (Lipinski definition) is 3. The van der Waals surface area contributed by atoms with Crippen LogP contribution in [0, 0.1) is 5.92 Å². The van der Waals surface area contributed by atoms with Crippen LogP contribution in [-0.4, -0.2) is 30.3 Å². The fraction of sp³-hybridized carbons (Fsp3) is 0.538. The zero-order valence-electron chi connectivity index (χ0n) is 10.7. The Kier molecular flexibility index (Phi) is 4.59. The quantitative estimate of drug-likeness (QED) is 0.928. The van der Waals surface area contributed by atoms with Gasteiger partial charge < -0.3 is 10.1 Å². The van der Waals surface area contributed by atoms with E-state index in [0.29, 0.717) is 26.1 Å². The topological polar surface area (TPSA) is 51.2 Å². The monoisotopic (exact) mass is 288 g/mol. The first-order chi connectivity index (χ1) is 9.48. The number of carbonyl (C=O) groups excluding carboxylic acids is 1. The van der Waals surface area contributed by atoms with Crippen LogP contribution in [0.2, 0.25) is 0 Å². The number of aromatic nitrogens is 1. The van der Waals surface area contributed by atoms with E-state index in [1.165, 1.54) is 24.4 Å². The van der Waals surface area contributed by atoms with Gasteiger partial charge in [0.15, 0.2) is 6.04 Å². The van der Waals surface area contributed by atoms with Crippen LogP contribution in [0.4, 0.5) is 13.2 Å². The zero-order chi connectivity index (χ0) is 14.6. The molecule has 2 rings (SSSR count). The van der Waals surface area contributed by atoms with Gasteiger partial charge in [0.2, 0.25) is 5.91 Å². The summed E-state index contributed by atoms with van der Waals surface area (Å²) in [5.41, 5.74) is -0.208. The van der Waals surface area contributed by atoms with Gasteiger partial charge in [-0.1, -0.05) is 6.07 Å². The number of amides is 1. The SMILES string of the molecule is O=C(N[C@@H](c1ccccn1)C(F)(F)F)C1CCOCC1. The third-order valence-electron chi connectivity index (χ3n) is 3.19. The summed E-state index contributed by atoms with van der Waals surface area (Å²) in [5.74, 6) is -1.03. The average Bonchev–Trinajstić information content (AvgIpc) is 2.45. The molecule has 2 heterocycles. The summed E-state index contributed by atoms with van der Waals surface area (Å²) in [5, 5.41) is 2.06. The van der Waals surface area contributed by atoms with Crippen LogP contribution in [-0.2, 0) is 9.53 Å². The Hall–Kier alpha value is -1.63. The molecular weight excluding hydrogens is 273 g/mol. The second-order valence-corrected chi connectivity index (χ2v) is 4.62. The molecule has 0 aromatic carbocycles. The van der Waals surface area contributed by atoms with E-state index in [9.17, 15) is 18.0 Å². The zero-order valence-corrected chi connectivity index (χ0v) is 10.7. The van der Waals surface area contributed by atoms with Crippen molar-refractivity contribution in [2.75, 3.05) is 13.2 Å². The number of nitrogens with zero attached hydrogens (tertiary/aromatic N) is 1. The largest absolute Gasteiger partial charge is 0.414 e. The van der Waals surface area contributed by atoms with E-state index in [1.807, 2.05) is 0 Å². The van der Waals surface area contributed by atoms with Gasteiger partial charge in [0.05, 0.1) is 5.69 Å². The maximum absolute atomic E-state index is 13.1. The molecule has 0 aliphatic carbocycles. The summed E-state index contributed by atoms with van der Waals surface area (Å²) in [6, 6.07) is 2.17. The number of halogens is 3. The van der Waals surface area contributed by atoms with Crippen LogP contribution in [0.15, 0.2) is 24.4 Å². The smallest absolute Gasteiger partial charge is 0.381 e. The molecule has 0 radical (unpaired) electrons. The molecule has 110 valence electrons. The highest BCUT2D eigenvalue weighted by atomic mass is 19.4. The number of pyridine rings is 1. The van der Waals surface area contributed by atoms with Gasteiger partial charge in [-0.05, 0) is 25.0 Å². The van der Waals surface area contributed by atoms with E-state index in [4.69, 9.17) is 4.74 Å². The van der Waals surface area contributed by atoms with Gasteiger partial charge >= 0.3 is 6.18 Å². The molecular formula is C13H15F3N2O2. The minimum Gasteiger partial charge on any atom is -0.381 e. The minimum atomic E-state index is -4.57. The first-order valence-corrected chi connectivity index (χ1v) is 6.34. The van der Waals surface area contributed by atoms with Gasteiger partial charge in [-0.3, -0.25) is 9.78 Å². The Balaban J connectivity index is 2.10. The highest BCUT2D eigenvalue weighted by Gasteiger charge is 2.43. The van der Waals surface area contributed by atoms with Crippen molar-refractivity contribution >= 4 is 5.91 Å². The van der Waals surface area contributed by atoms with E-state index in [0.717, 1.165) is 0 Å². The molecule has 1 atom stereocenters. The Labute approximate surface area is 114 Å². The fourth-order valence-corrected chi connectivity index (χ4v) is 2.09. The third-order valence-corrected chi connectivity index (χ3v) is 3.19. The number of hydrogen-bond donors (Lipinski definition) is 1. The Morgan fingerprint density at radius 2 is 2.05 bits per heavy atom. The molecule has 1 saturated heterocycles. The molecule has 1 aliphatic heterocycles. The molecule has 1 aromatic rings. The predicted molar refractivity (Wildman–Crippen MR) is 64.7 cm³/mol. The van der Waals surface area contributed by atoms with Crippen LogP contribution < -0.4 is 5.32 Å². The second-order valence-electron chi connectivity index (χ2n) is 4.62. The maximum atomic E-state index is 13.1. The number of rotatable bonds is 3. The summed E-state index contributed by atoms with van der Waals surface area (Å²) >= 11 is 0. The number of alkyl halides is 3. The lowest BCUT2D eigenvalue weighted by Crippen LogP contribution is -2.42. The summed E-state index contributed by atoms with van der Waals surface area (Å²) in [6.45, 7) is 0.802. The molecule has 1 fully saturated rings. The first-order valence-electron chi connectivity index (χ1n) is 6.34. The van der Waals surface area contributed by atoms with Crippen LogP contribution >= 0.6 is 0 Å². The lowest BCUT2D eigenvalue weighted by Gasteiger charge is -2.26. The van der Waals surface area contributed by atoms with Crippen molar-refractivity contribution in [3.8, 4) is 0 Å². The molecule has 0 unspecified atom stereocenters. The molecule has 4 nitrogen and oxygen atoms in total. The van der Waals surface area contributed by atoms with Crippen LogP contribution in [0.3, 0.4) is 0 Å². The fourth-order valence-electron chi connectivity index (χ4n) is 2.09. The molecule has 1 N–H and O–H groups in total. The molecule has 0 bridgehead atoms. The van der Waals surface area contributed by atoms with E-state index in [2.05, 4.69) is 10.3 Å². The normalized spacial score (nSPS) is 18.6. The number of nitrogens with one attached hydrogen (secondary N) is 1. The highest BCUT2D eigenvalue weighted by Crippen LogP contribution is 2.32. The van der Waals surface area contributed by atoms with Gasteiger partial charge in [-0.25, -0.2) is 0 Å². The summed E-state index contributed by atoms with van der Waals surface area (Å²) in [4.78, 5) is 15.6. The van der Waals surface area contributed by atoms with Crippen molar-refractivity contribution in [1.29, 1.82) is 0 Å². The number of ether oxygens (including phenoxy) is 1. The summed E-state index contributed by atoms with van der Waals surface area (Å²) in [6.07, 6.45) is -2.42. The van der Waals surface area contributed by atoms with Gasteiger partial charge in [-0.15, -0.1) is 0 Å². The molecule has 1 aliphatic rings. The maximum Gasteiger partial charge on any atom is 0.414 e. The second kappa shape index (κ2) is 6.21. The summed E-state index contributed by atoms with van der Waals surface area (Å²) < 4.78 is 44.3. The predicted octanol–water partition coefficient (Wildman–Crippen LogP) is 2.23. The van der Waals surface area contributed by atoms with Gasteiger partial charge in [-0.2, -0.15) is 13.2 Å². The molecule has 0 spiro atoms. The first kappa shape index (κ1) is 14.8. The van der Waals surface area contributed by atoms with Crippen LogP contribution in [0.25, 0.3) is 0 Å². The van der Waals surface area contributed by atoms with E-state index in [-0.39, 0.29) is 5.69 Å². The van der Waals surface area contributed by atoms with Crippen molar-refractivity contribution in [2.45, 2.75) is 25.1 Å². The Morgan fingerprint density at radius 3 is 2.60 bits per heavy atom. The van der Waals surface area contributed by atoms with Crippen molar-refractivity contribution in [2.24, 2.45) is 5.92 Å². The molecule has 1 amide bonds. The Bertz CT molecular complexity index is 445. The van der Waals surface area contributed by atoms with E-state index in [1.54, 1.807) is 0 Å². The lowest BCUT2D eigenvalue weighted by atomic mass is 9.98. The van der Waals surface area contributed by atoms with E-state index >= 15 is 0 Å². The van der Waals surface area contributed by atoms with Crippen LogP contribution in [0.1, 0.15) is 24.6 Å². The van der Waals surface area contributed by atoms with Crippen molar-refractivity contribution in [3.05, 3.63) is 30.1 Å².